The molecule has 0 aliphatic heterocycles. The Bertz CT molecular complexity index is 58.6. The van der Waals surface area contributed by atoms with Crippen molar-refractivity contribution in [2.45, 2.75) is 51.9 Å². The second-order valence-electron chi connectivity index (χ2n) is 2.99. The number of rotatable bonds is 8. The van der Waals surface area contributed by atoms with Gasteiger partial charge in [-0.2, -0.15) is 0 Å². The molecule has 2 nitrogen and oxygen atoms in total. The number of unbranched alkanes of at least 4 members (excludes halogenated alkanes) is 6. The van der Waals surface area contributed by atoms with Gasteiger partial charge < -0.3 is 4.84 Å². The Balaban J connectivity index is 2.69. The normalized spacial score (nSPS) is 10.4. The molecule has 0 rings (SSSR count). The maximum absolute atomic E-state index is 4.89. The van der Waals surface area contributed by atoms with E-state index in [0.29, 0.717) is 6.61 Å². The fraction of sp³-hybridized carbons (Fsp3) is 1.00. The molecule has 0 aromatic heterocycles. The van der Waals surface area contributed by atoms with E-state index in [1.54, 1.807) is 0 Å². The number of hydrogen-bond acceptors (Lipinski definition) is 2. The van der Waals surface area contributed by atoms with Crippen LogP contribution in [0.15, 0.2) is 0 Å². The molecule has 0 aliphatic carbocycles. The Labute approximate surface area is 70.1 Å². The minimum absolute atomic E-state index is 0.716. The van der Waals surface area contributed by atoms with Crippen molar-refractivity contribution in [2.24, 2.45) is 5.90 Å². The lowest BCUT2D eigenvalue weighted by Crippen LogP contribution is -2.00. The lowest BCUT2D eigenvalue weighted by molar-refractivity contribution is 0.133. The molecule has 0 aromatic rings. The summed E-state index contributed by atoms with van der Waals surface area (Å²) in [6, 6.07) is 0. The average molecular weight is 159 g/mol. The first-order chi connectivity index (χ1) is 5.41. The highest BCUT2D eigenvalue weighted by Gasteiger charge is 1.89. The van der Waals surface area contributed by atoms with Crippen LogP contribution in [-0.2, 0) is 4.84 Å². The zero-order valence-corrected chi connectivity index (χ0v) is 7.64. The molecule has 0 atom stereocenters. The van der Waals surface area contributed by atoms with Gasteiger partial charge in [-0.05, 0) is 6.42 Å². The molecular weight excluding hydrogens is 138 g/mol. The summed E-state index contributed by atoms with van der Waals surface area (Å²) in [5.41, 5.74) is 0. The summed E-state index contributed by atoms with van der Waals surface area (Å²) in [4.78, 5) is 4.47. The van der Waals surface area contributed by atoms with Crippen LogP contribution in [0.2, 0.25) is 0 Å². The van der Waals surface area contributed by atoms with Crippen molar-refractivity contribution in [2.75, 3.05) is 6.61 Å². The number of hydrogen-bond donors (Lipinski definition) is 1. The van der Waals surface area contributed by atoms with Crippen molar-refractivity contribution in [1.82, 2.24) is 0 Å². The topological polar surface area (TPSA) is 35.2 Å². The van der Waals surface area contributed by atoms with Crippen LogP contribution >= 0.6 is 0 Å². The van der Waals surface area contributed by atoms with Gasteiger partial charge in [0.2, 0.25) is 0 Å². The Morgan fingerprint density at radius 1 is 0.909 bits per heavy atom. The molecule has 0 spiro atoms. The highest BCUT2D eigenvalue weighted by molar-refractivity contribution is 4.43. The van der Waals surface area contributed by atoms with Crippen molar-refractivity contribution in [3.8, 4) is 0 Å². The summed E-state index contributed by atoms with van der Waals surface area (Å²) < 4.78 is 0. The maximum atomic E-state index is 4.89. The van der Waals surface area contributed by atoms with E-state index in [1.165, 1.54) is 38.5 Å². The van der Waals surface area contributed by atoms with Crippen molar-refractivity contribution in [3.63, 3.8) is 0 Å². The summed E-state index contributed by atoms with van der Waals surface area (Å²) in [6.07, 6.45) is 9.19. The van der Waals surface area contributed by atoms with E-state index in [4.69, 9.17) is 5.90 Å². The fourth-order valence-electron chi connectivity index (χ4n) is 1.14. The smallest absolute Gasteiger partial charge is 0.0679 e. The molecule has 0 amide bonds. The van der Waals surface area contributed by atoms with Gasteiger partial charge in [-0.15, -0.1) is 0 Å². The van der Waals surface area contributed by atoms with E-state index >= 15 is 0 Å². The first-order valence-electron chi connectivity index (χ1n) is 4.73. The molecule has 0 heterocycles. The average Bonchev–Trinajstić information content (AvgIpc) is 2.03. The molecule has 0 aliphatic rings. The van der Waals surface area contributed by atoms with Crippen molar-refractivity contribution < 1.29 is 4.84 Å². The predicted molar refractivity (Wildman–Crippen MR) is 48.1 cm³/mol. The predicted octanol–water partition coefficient (Wildman–Crippen LogP) is 2.63. The highest BCUT2D eigenvalue weighted by atomic mass is 16.6. The Morgan fingerprint density at radius 3 is 2.00 bits per heavy atom. The molecule has 0 unspecified atom stereocenters. The van der Waals surface area contributed by atoms with Crippen LogP contribution in [0.25, 0.3) is 0 Å². The summed E-state index contributed by atoms with van der Waals surface area (Å²) in [5.74, 6) is 4.89. The summed E-state index contributed by atoms with van der Waals surface area (Å²) in [5, 5.41) is 0. The third-order valence-corrected chi connectivity index (χ3v) is 1.87. The van der Waals surface area contributed by atoms with E-state index in [2.05, 4.69) is 11.8 Å². The standard InChI is InChI=1S/C9H21NO/c1-2-3-4-5-6-7-8-9-11-10/h2-10H2,1H3. The van der Waals surface area contributed by atoms with Crippen molar-refractivity contribution >= 4 is 0 Å². The molecule has 0 saturated heterocycles. The van der Waals surface area contributed by atoms with Crippen molar-refractivity contribution in [1.29, 1.82) is 0 Å². The van der Waals surface area contributed by atoms with Gasteiger partial charge in [0.05, 0.1) is 6.61 Å². The lowest BCUT2D eigenvalue weighted by atomic mass is 10.1. The highest BCUT2D eigenvalue weighted by Crippen LogP contribution is 2.06. The van der Waals surface area contributed by atoms with Crippen LogP contribution < -0.4 is 5.90 Å². The zero-order chi connectivity index (χ0) is 8.36. The van der Waals surface area contributed by atoms with Crippen LogP contribution in [0.3, 0.4) is 0 Å². The third kappa shape index (κ3) is 9.92. The van der Waals surface area contributed by atoms with E-state index < -0.39 is 0 Å². The second-order valence-corrected chi connectivity index (χ2v) is 2.99. The van der Waals surface area contributed by atoms with Gasteiger partial charge in [0.1, 0.15) is 0 Å². The molecule has 0 aromatic carbocycles. The summed E-state index contributed by atoms with van der Waals surface area (Å²) in [6.45, 7) is 2.95. The zero-order valence-electron chi connectivity index (χ0n) is 7.64. The first kappa shape index (κ1) is 10.9. The maximum Gasteiger partial charge on any atom is 0.0679 e. The minimum atomic E-state index is 0.716. The minimum Gasteiger partial charge on any atom is -0.305 e. The molecule has 0 saturated carbocycles. The molecule has 11 heavy (non-hydrogen) atoms. The molecule has 0 fully saturated rings. The quantitative estimate of drug-likeness (QED) is 0.436. The summed E-state index contributed by atoms with van der Waals surface area (Å²) >= 11 is 0. The Morgan fingerprint density at radius 2 is 1.45 bits per heavy atom. The molecule has 0 bridgehead atoms. The van der Waals surface area contributed by atoms with E-state index in [9.17, 15) is 0 Å². The molecule has 68 valence electrons. The Hall–Kier alpha value is -0.0800. The van der Waals surface area contributed by atoms with Crippen LogP contribution in [0.5, 0.6) is 0 Å². The van der Waals surface area contributed by atoms with Crippen LogP contribution in [-0.4, -0.2) is 6.61 Å². The monoisotopic (exact) mass is 159 g/mol. The Kier molecular flexibility index (Phi) is 9.85. The van der Waals surface area contributed by atoms with E-state index in [-0.39, 0.29) is 0 Å². The number of nitrogens with two attached hydrogens (primary N) is 1. The largest absolute Gasteiger partial charge is 0.305 e. The van der Waals surface area contributed by atoms with Gasteiger partial charge in [-0.3, -0.25) is 0 Å². The first-order valence-corrected chi connectivity index (χ1v) is 4.73. The van der Waals surface area contributed by atoms with Gasteiger partial charge in [-0.1, -0.05) is 45.4 Å². The molecular formula is C9H21NO. The fourth-order valence-corrected chi connectivity index (χ4v) is 1.14. The van der Waals surface area contributed by atoms with Gasteiger partial charge in [-0.25, -0.2) is 5.90 Å². The van der Waals surface area contributed by atoms with Crippen LogP contribution in [0.1, 0.15) is 51.9 Å². The van der Waals surface area contributed by atoms with Gasteiger partial charge in [0, 0.05) is 0 Å². The SMILES string of the molecule is CCCCCCCCCON. The third-order valence-electron chi connectivity index (χ3n) is 1.87. The van der Waals surface area contributed by atoms with E-state index in [1.807, 2.05) is 0 Å². The van der Waals surface area contributed by atoms with Crippen LogP contribution in [0.4, 0.5) is 0 Å². The van der Waals surface area contributed by atoms with Gasteiger partial charge in [0.15, 0.2) is 0 Å². The second kappa shape index (κ2) is 9.92. The van der Waals surface area contributed by atoms with Gasteiger partial charge >= 0.3 is 0 Å². The molecule has 0 radical (unpaired) electrons. The van der Waals surface area contributed by atoms with Crippen LogP contribution in [0, 0.1) is 0 Å². The summed E-state index contributed by atoms with van der Waals surface area (Å²) in [7, 11) is 0. The molecule has 2 N–H and O–H groups in total. The van der Waals surface area contributed by atoms with Crippen molar-refractivity contribution in [3.05, 3.63) is 0 Å². The molecule has 2 heteroatoms. The lowest BCUT2D eigenvalue weighted by Gasteiger charge is -1.99. The van der Waals surface area contributed by atoms with E-state index in [0.717, 1.165) is 6.42 Å². The van der Waals surface area contributed by atoms with Gasteiger partial charge in [0.25, 0.3) is 0 Å².